The molecule has 0 unspecified atom stereocenters. The zero-order valence-electron chi connectivity index (χ0n) is 12.8. The van der Waals surface area contributed by atoms with Gasteiger partial charge in [0.1, 0.15) is 0 Å². The number of hydroxylamine groups is 2. The van der Waals surface area contributed by atoms with E-state index in [-0.39, 0.29) is 29.6 Å². The van der Waals surface area contributed by atoms with Gasteiger partial charge < -0.3 is 14.8 Å². The van der Waals surface area contributed by atoms with Crippen LogP contribution in [0.1, 0.15) is 17.0 Å². The summed E-state index contributed by atoms with van der Waals surface area (Å²) in [6.45, 7) is 4.12. The normalized spacial score (nSPS) is 10.5. The van der Waals surface area contributed by atoms with Crippen LogP contribution in [0.15, 0.2) is 42.5 Å². The minimum absolute atomic E-state index is 0. The van der Waals surface area contributed by atoms with Gasteiger partial charge in [0.25, 0.3) is 0 Å². The number of aryl methyl sites for hydroxylation is 2. The average Bonchev–Trinajstić information content (AvgIpc) is 2.76. The van der Waals surface area contributed by atoms with E-state index in [1.807, 2.05) is 24.3 Å². The second-order valence-electron chi connectivity index (χ2n) is 4.71. The van der Waals surface area contributed by atoms with E-state index in [1.165, 1.54) is 24.5 Å². The molecule has 0 aliphatic rings. The first-order chi connectivity index (χ1) is 9.49. The summed E-state index contributed by atoms with van der Waals surface area (Å²) in [5.74, 6) is -0.564. The fourth-order valence-corrected chi connectivity index (χ4v) is 2.08. The number of rotatable bonds is 3. The number of carbonyl (C=O) groups excluding carboxylic acids is 1. The molecule has 0 fully saturated rings. The van der Waals surface area contributed by atoms with Crippen LogP contribution in [-0.4, -0.2) is 22.6 Å². The fraction of sp³-hybridized carbons (Fsp3) is 0.188. The molecule has 1 aromatic heterocycles. The number of amides is 1. The number of hydrogen-bond acceptors (Lipinski definition) is 2. The van der Waals surface area contributed by atoms with Crippen LogP contribution in [0.5, 0.6) is 0 Å². The van der Waals surface area contributed by atoms with Crippen LogP contribution in [0.3, 0.4) is 0 Å². The van der Waals surface area contributed by atoms with Crippen molar-refractivity contribution in [2.24, 2.45) is 0 Å². The Hall–Kier alpha value is -1.33. The molecule has 0 aliphatic carbocycles. The summed E-state index contributed by atoms with van der Waals surface area (Å²) >= 11 is 0. The van der Waals surface area contributed by atoms with Crippen molar-refractivity contribution in [3.8, 4) is 5.69 Å². The number of hydrogen-bond donors (Lipinski definition) is 0. The topological polar surface area (TPSA) is 48.3 Å². The van der Waals surface area contributed by atoms with E-state index in [4.69, 9.17) is 0 Å². The Balaban J connectivity index is 0.00000220. The molecule has 0 saturated heterocycles. The van der Waals surface area contributed by atoms with Gasteiger partial charge in [0.15, 0.2) is 0 Å². The molecule has 0 N–H and O–H groups in total. The third-order valence-electron chi connectivity index (χ3n) is 3.15. The van der Waals surface area contributed by atoms with Gasteiger partial charge in [-0.15, -0.1) is 0 Å². The van der Waals surface area contributed by atoms with Gasteiger partial charge >= 0.3 is 29.6 Å². The van der Waals surface area contributed by atoms with Crippen LogP contribution in [0.25, 0.3) is 11.8 Å². The maximum atomic E-state index is 11.2. The Kier molecular flexibility index (Phi) is 6.42. The molecule has 1 aromatic carbocycles. The van der Waals surface area contributed by atoms with Gasteiger partial charge in [-0.25, -0.2) is 0 Å². The first-order valence-corrected chi connectivity index (χ1v) is 6.37. The van der Waals surface area contributed by atoms with E-state index in [0.717, 1.165) is 11.3 Å². The first-order valence-electron chi connectivity index (χ1n) is 6.37. The Morgan fingerprint density at radius 2 is 1.62 bits per heavy atom. The predicted octanol–water partition coefficient (Wildman–Crippen LogP) is 0.0675. The van der Waals surface area contributed by atoms with Crippen molar-refractivity contribution in [2.75, 3.05) is 7.05 Å². The monoisotopic (exact) mass is 292 g/mol. The molecule has 5 heteroatoms. The van der Waals surface area contributed by atoms with Crippen molar-refractivity contribution < 1.29 is 34.4 Å². The van der Waals surface area contributed by atoms with Gasteiger partial charge in [-0.2, -0.15) is 0 Å². The summed E-state index contributed by atoms with van der Waals surface area (Å²) in [7, 11) is 1.19. The zero-order chi connectivity index (χ0) is 14.7. The first kappa shape index (κ1) is 17.7. The van der Waals surface area contributed by atoms with Crippen LogP contribution in [0.4, 0.5) is 0 Å². The van der Waals surface area contributed by atoms with Crippen LogP contribution in [0, 0.1) is 19.1 Å². The molecular formula is C16H17N2NaO2. The summed E-state index contributed by atoms with van der Waals surface area (Å²) in [6.07, 6.45) is 2.91. The van der Waals surface area contributed by atoms with Crippen molar-refractivity contribution in [1.29, 1.82) is 0 Å². The second-order valence-corrected chi connectivity index (χ2v) is 4.71. The number of benzene rings is 1. The number of nitrogens with zero attached hydrogens (tertiary/aromatic N) is 2. The summed E-state index contributed by atoms with van der Waals surface area (Å²) in [4.78, 5) is 11.2. The molecule has 2 rings (SSSR count). The van der Waals surface area contributed by atoms with E-state index in [1.54, 1.807) is 6.08 Å². The van der Waals surface area contributed by atoms with E-state index < -0.39 is 5.91 Å². The van der Waals surface area contributed by atoms with E-state index >= 15 is 0 Å². The van der Waals surface area contributed by atoms with Gasteiger partial charge in [0.05, 0.1) is 0 Å². The summed E-state index contributed by atoms with van der Waals surface area (Å²) in [6, 6.07) is 12.0. The minimum Gasteiger partial charge on any atom is -0.756 e. The molecule has 0 spiro atoms. The van der Waals surface area contributed by atoms with Crippen LogP contribution in [-0.2, 0) is 4.79 Å². The Bertz CT molecular complexity index is 623. The van der Waals surface area contributed by atoms with Crippen LogP contribution < -0.4 is 29.6 Å². The van der Waals surface area contributed by atoms with Gasteiger partial charge in [-0.3, -0.25) is 4.79 Å². The Labute approximate surface area is 146 Å². The number of aromatic nitrogens is 1. The Morgan fingerprint density at radius 1 is 1.10 bits per heavy atom. The molecule has 1 amide bonds. The average molecular weight is 292 g/mol. The third kappa shape index (κ3) is 4.32. The predicted molar refractivity (Wildman–Crippen MR) is 80.4 cm³/mol. The maximum absolute atomic E-state index is 11.2. The van der Waals surface area contributed by atoms with E-state index in [9.17, 15) is 10.0 Å². The molecule has 104 valence electrons. The molecular weight excluding hydrogens is 275 g/mol. The van der Waals surface area contributed by atoms with Crippen molar-refractivity contribution >= 4 is 12.0 Å². The largest absolute Gasteiger partial charge is 1.00 e. The minimum atomic E-state index is -0.564. The summed E-state index contributed by atoms with van der Waals surface area (Å²) in [5, 5.41) is 11.1. The van der Waals surface area contributed by atoms with Crippen molar-refractivity contribution in [2.45, 2.75) is 13.8 Å². The van der Waals surface area contributed by atoms with Gasteiger partial charge in [-0.05, 0) is 56.8 Å². The molecule has 0 atom stereocenters. The van der Waals surface area contributed by atoms with Crippen LogP contribution in [0.2, 0.25) is 0 Å². The van der Waals surface area contributed by atoms with Crippen molar-refractivity contribution in [3.63, 3.8) is 0 Å². The SMILES string of the molecule is Cc1ccc(C)n1-c1ccc(/C=C/C(=O)N(C)[O-])cc1.[Na+]. The molecule has 0 aliphatic heterocycles. The van der Waals surface area contributed by atoms with Gasteiger partial charge in [0.2, 0.25) is 5.91 Å². The standard InChI is InChI=1S/C16H17N2O2.Na/c1-12-4-5-13(2)18(12)15-9-6-14(7-10-15)8-11-16(19)17(3)20;/h4-11H,1-3H3;/q-1;+1/b11-8+;. The van der Waals surface area contributed by atoms with E-state index in [0.29, 0.717) is 5.06 Å². The Morgan fingerprint density at radius 3 is 2.10 bits per heavy atom. The molecule has 0 bridgehead atoms. The summed E-state index contributed by atoms with van der Waals surface area (Å²) in [5.41, 5.74) is 4.31. The van der Waals surface area contributed by atoms with Gasteiger partial charge in [-0.1, -0.05) is 12.1 Å². The third-order valence-corrected chi connectivity index (χ3v) is 3.15. The molecule has 21 heavy (non-hydrogen) atoms. The summed E-state index contributed by atoms with van der Waals surface area (Å²) < 4.78 is 2.16. The molecule has 0 radical (unpaired) electrons. The molecule has 1 heterocycles. The molecule has 2 aromatic rings. The van der Waals surface area contributed by atoms with Crippen LogP contribution >= 0.6 is 0 Å². The number of carbonyl (C=O) groups is 1. The smallest absolute Gasteiger partial charge is 0.756 e. The number of likely N-dealkylation sites (N-methyl/N-ethyl adjacent to an activating group) is 1. The maximum Gasteiger partial charge on any atom is 1.00 e. The fourth-order valence-electron chi connectivity index (χ4n) is 2.08. The van der Waals surface area contributed by atoms with Crippen molar-refractivity contribution in [3.05, 3.63) is 64.6 Å². The second kappa shape index (κ2) is 7.61. The molecule has 0 saturated carbocycles. The van der Waals surface area contributed by atoms with Crippen molar-refractivity contribution in [1.82, 2.24) is 9.63 Å². The zero-order valence-corrected chi connectivity index (χ0v) is 14.8. The molecule has 4 nitrogen and oxygen atoms in total. The van der Waals surface area contributed by atoms with Gasteiger partial charge in [0, 0.05) is 23.2 Å². The van der Waals surface area contributed by atoms with E-state index in [2.05, 4.69) is 30.5 Å². The quantitative estimate of drug-likeness (QED) is 0.456.